The highest BCUT2D eigenvalue weighted by Crippen LogP contribution is 2.27. The summed E-state index contributed by atoms with van der Waals surface area (Å²) in [6, 6.07) is 18.6. The molecule has 4 nitrogen and oxygen atoms in total. The number of nitrogens with zero attached hydrogens (tertiary/aromatic N) is 1. The topological polar surface area (TPSA) is 57.8 Å². The van der Waals surface area contributed by atoms with Gasteiger partial charge >= 0.3 is 0 Å². The summed E-state index contributed by atoms with van der Waals surface area (Å²) < 4.78 is 0.932. The van der Waals surface area contributed by atoms with Crippen LogP contribution in [0.1, 0.15) is 15.9 Å². The van der Waals surface area contributed by atoms with Crippen molar-refractivity contribution in [2.75, 3.05) is 5.32 Å². The number of carbonyl (C=O) groups excluding carboxylic acids is 1. The van der Waals surface area contributed by atoms with Crippen LogP contribution in [-0.4, -0.2) is 15.9 Å². The number of hydrogen-bond acceptors (Lipinski definition) is 2. The Balaban J connectivity index is 1.62. The highest BCUT2D eigenvalue weighted by atomic mass is 79.9. The van der Waals surface area contributed by atoms with Gasteiger partial charge in [0.25, 0.3) is 5.91 Å². The third-order valence-corrected chi connectivity index (χ3v) is 5.20. The first-order valence-electron chi connectivity index (χ1n) is 8.33. The molecule has 0 spiro atoms. The number of amides is 1. The molecule has 134 valence electrons. The second-order valence-electron chi connectivity index (χ2n) is 6.25. The summed E-state index contributed by atoms with van der Waals surface area (Å²) in [6.07, 6.45) is 0. The van der Waals surface area contributed by atoms with Gasteiger partial charge in [0.1, 0.15) is 5.82 Å². The van der Waals surface area contributed by atoms with E-state index in [2.05, 4.69) is 31.2 Å². The van der Waals surface area contributed by atoms with E-state index in [4.69, 9.17) is 11.6 Å². The van der Waals surface area contributed by atoms with Crippen LogP contribution in [0.2, 0.25) is 5.02 Å². The Hall–Kier alpha value is -2.63. The second-order valence-corrected chi connectivity index (χ2v) is 7.57. The average molecular weight is 441 g/mol. The van der Waals surface area contributed by atoms with Gasteiger partial charge in [-0.1, -0.05) is 39.7 Å². The van der Waals surface area contributed by atoms with Gasteiger partial charge in [0.2, 0.25) is 0 Å². The lowest BCUT2D eigenvalue weighted by molar-refractivity contribution is 0.102. The zero-order chi connectivity index (χ0) is 19.0. The Labute approximate surface area is 169 Å². The van der Waals surface area contributed by atoms with Crippen molar-refractivity contribution < 1.29 is 4.79 Å². The monoisotopic (exact) mass is 439 g/mol. The van der Waals surface area contributed by atoms with Crippen molar-refractivity contribution in [1.82, 2.24) is 9.97 Å². The lowest BCUT2D eigenvalue weighted by Crippen LogP contribution is -2.11. The van der Waals surface area contributed by atoms with E-state index in [-0.39, 0.29) is 5.91 Å². The van der Waals surface area contributed by atoms with Crippen molar-refractivity contribution >= 4 is 50.2 Å². The second kappa shape index (κ2) is 7.18. The summed E-state index contributed by atoms with van der Waals surface area (Å²) in [4.78, 5) is 20.4. The van der Waals surface area contributed by atoms with Crippen molar-refractivity contribution in [3.05, 3.63) is 81.3 Å². The molecular formula is C21H15BrClN3O. The maximum Gasteiger partial charge on any atom is 0.255 e. The number of fused-ring (bicyclic) bond motifs is 1. The number of aromatic nitrogens is 2. The summed E-state index contributed by atoms with van der Waals surface area (Å²) in [5.74, 6) is 0.568. The molecule has 0 aliphatic heterocycles. The lowest BCUT2D eigenvalue weighted by atomic mass is 10.1. The number of nitrogens with one attached hydrogen (secondary N) is 2. The molecule has 4 rings (SSSR count). The Kier molecular flexibility index (Phi) is 4.72. The van der Waals surface area contributed by atoms with Crippen molar-refractivity contribution in [2.24, 2.45) is 0 Å². The van der Waals surface area contributed by atoms with Gasteiger partial charge in [-0.05, 0) is 61.0 Å². The van der Waals surface area contributed by atoms with Gasteiger partial charge in [0.15, 0.2) is 0 Å². The van der Waals surface area contributed by atoms with E-state index < -0.39 is 0 Å². The molecule has 6 heteroatoms. The molecular weight excluding hydrogens is 426 g/mol. The van der Waals surface area contributed by atoms with Crippen LogP contribution < -0.4 is 5.32 Å². The zero-order valence-corrected chi connectivity index (χ0v) is 16.7. The summed E-state index contributed by atoms with van der Waals surface area (Å²) >= 11 is 9.56. The molecule has 4 aromatic rings. The molecule has 0 atom stereocenters. The predicted octanol–water partition coefficient (Wildman–Crippen LogP) is 6.21. The maximum atomic E-state index is 12.4. The smallest absolute Gasteiger partial charge is 0.255 e. The fourth-order valence-electron chi connectivity index (χ4n) is 2.83. The van der Waals surface area contributed by atoms with Gasteiger partial charge < -0.3 is 10.3 Å². The summed E-state index contributed by atoms with van der Waals surface area (Å²) in [5, 5.41) is 3.61. The number of aryl methyl sites for hydroxylation is 1. The highest BCUT2D eigenvalue weighted by molar-refractivity contribution is 9.10. The molecule has 27 heavy (non-hydrogen) atoms. The molecule has 0 radical (unpaired) electrons. The van der Waals surface area contributed by atoms with Crippen molar-refractivity contribution in [1.29, 1.82) is 0 Å². The molecule has 0 saturated heterocycles. The van der Waals surface area contributed by atoms with Crippen LogP contribution in [0, 0.1) is 6.92 Å². The van der Waals surface area contributed by atoms with E-state index in [0.29, 0.717) is 16.3 Å². The van der Waals surface area contributed by atoms with Gasteiger partial charge in [-0.25, -0.2) is 4.98 Å². The van der Waals surface area contributed by atoms with Gasteiger partial charge in [-0.2, -0.15) is 0 Å². The fourth-order valence-corrected chi connectivity index (χ4v) is 3.25. The van der Waals surface area contributed by atoms with Crippen LogP contribution in [0.4, 0.5) is 5.69 Å². The number of hydrogen-bond donors (Lipinski definition) is 2. The van der Waals surface area contributed by atoms with E-state index in [0.717, 1.165) is 32.5 Å². The van der Waals surface area contributed by atoms with E-state index in [1.807, 2.05) is 55.5 Å². The molecule has 0 aliphatic rings. The minimum Gasteiger partial charge on any atom is -0.338 e. The number of anilines is 1. The van der Waals surface area contributed by atoms with Gasteiger partial charge in [0, 0.05) is 26.3 Å². The quantitative estimate of drug-likeness (QED) is 0.398. The Morgan fingerprint density at radius 2 is 1.89 bits per heavy atom. The van der Waals surface area contributed by atoms with Crippen LogP contribution in [0.25, 0.3) is 22.4 Å². The molecule has 1 heterocycles. The summed E-state index contributed by atoms with van der Waals surface area (Å²) in [5.41, 5.74) is 4.91. The van der Waals surface area contributed by atoms with Gasteiger partial charge in [-0.15, -0.1) is 0 Å². The summed E-state index contributed by atoms with van der Waals surface area (Å²) in [6.45, 7) is 1.96. The van der Waals surface area contributed by atoms with E-state index in [1.54, 1.807) is 12.1 Å². The molecule has 0 saturated carbocycles. The third-order valence-electron chi connectivity index (χ3n) is 4.26. The number of carbonyl (C=O) groups is 1. The fraction of sp³-hybridized carbons (Fsp3) is 0.0476. The van der Waals surface area contributed by atoms with Gasteiger partial charge in [-0.3, -0.25) is 4.79 Å². The van der Waals surface area contributed by atoms with Crippen LogP contribution >= 0.6 is 27.5 Å². The first-order chi connectivity index (χ1) is 13.0. The number of halogens is 2. The molecule has 0 aliphatic carbocycles. The number of benzene rings is 3. The first kappa shape index (κ1) is 17.8. The van der Waals surface area contributed by atoms with Crippen LogP contribution in [0.15, 0.2) is 65.1 Å². The van der Waals surface area contributed by atoms with Crippen molar-refractivity contribution in [3.8, 4) is 11.4 Å². The minimum atomic E-state index is -0.160. The van der Waals surface area contributed by atoms with Crippen LogP contribution in [-0.2, 0) is 0 Å². The molecule has 1 amide bonds. The van der Waals surface area contributed by atoms with Crippen molar-refractivity contribution in [2.45, 2.75) is 6.92 Å². The first-order valence-corrected chi connectivity index (χ1v) is 9.50. The van der Waals surface area contributed by atoms with Crippen LogP contribution in [0.3, 0.4) is 0 Å². The van der Waals surface area contributed by atoms with E-state index >= 15 is 0 Å². The average Bonchev–Trinajstić information content (AvgIpc) is 3.05. The standard InChI is InChI=1S/C21H15BrClN3O/c1-12-9-18-19(11-17(12)23)26-20(25-18)14-3-2-4-16(10-14)24-21(27)13-5-7-15(22)8-6-13/h2-11H,1H3,(H,24,27)(H,25,26). The van der Waals surface area contributed by atoms with Crippen molar-refractivity contribution in [3.63, 3.8) is 0 Å². The van der Waals surface area contributed by atoms with E-state index in [1.165, 1.54) is 0 Å². The Morgan fingerprint density at radius 3 is 2.67 bits per heavy atom. The lowest BCUT2D eigenvalue weighted by Gasteiger charge is -2.07. The summed E-state index contributed by atoms with van der Waals surface area (Å²) in [7, 11) is 0. The van der Waals surface area contributed by atoms with E-state index in [9.17, 15) is 4.79 Å². The number of H-pyrrole nitrogens is 1. The number of imidazole rings is 1. The zero-order valence-electron chi connectivity index (χ0n) is 14.4. The number of aromatic amines is 1. The number of rotatable bonds is 3. The molecule has 3 aromatic carbocycles. The highest BCUT2D eigenvalue weighted by Gasteiger charge is 2.10. The van der Waals surface area contributed by atoms with Crippen LogP contribution in [0.5, 0.6) is 0 Å². The third kappa shape index (κ3) is 3.75. The largest absolute Gasteiger partial charge is 0.338 e. The Bertz CT molecular complexity index is 1110. The molecule has 0 fully saturated rings. The minimum absolute atomic E-state index is 0.160. The maximum absolute atomic E-state index is 12.4. The molecule has 2 N–H and O–H groups in total. The Morgan fingerprint density at radius 1 is 1.11 bits per heavy atom. The molecule has 0 bridgehead atoms. The SMILES string of the molecule is Cc1cc2[nH]c(-c3cccc(NC(=O)c4ccc(Br)cc4)c3)nc2cc1Cl. The predicted molar refractivity (Wildman–Crippen MR) is 113 cm³/mol. The van der Waals surface area contributed by atoms with Gasteiger partial charge in [0.05, 0.1) is 11.0 Å². The normalized spacial score (nSPS) is 10.9. The molecule has 0 unspecified atom stereocenters. The molecule has 1 aromatic heterocycles.